The van der Waals surface area contributed by atoms with Gasteiger partial charge in [0.05, 0.1) is 18.9 Å². The Morgan fingerprint density at radius 2 is 2.18 bits per heavy atom. The summed E-state index contributed by atoms with van der Waals surface area (Å²) in [5, 5.41) is 2.24. The van der Waals surface area contributed by atoms with Gasteiger partial charge in [-0.25, -0.2) is 13.4 Å². The predicted molar refractivity (Wildman–Crippen MR) is 83.3 cm³/mol. The second kappa shape index (κ2) is 6.69. The van der Waals surface area contributed by atoms with Crippen molar-refractivity contribution in [1.82, 2.24) is 14.9 Å². The van der Waals surface area contributed by atoms with Crippen molar-refractivity contribution in [3.8, 4) is 0 Å². The lowest BCUT2D eigenvalue weighted by molar-refractivity contribution is 0.0337. The zero-order valence-corrected chi connectivity index (χ0v) is 13.4. The minimum atomic E-state index is -3.63. The number of nitrogens with zero attached hydrogens (tertiary/aromatic N) is 3. The standard InChI is InChI=1S/C13H16N4O3S2/c18-22(19,12-2-1-3-14-8-12)16-13-15-11(10-21-13)9-17-4-6-20-7-5-17/h1-3,8,10H,4-7,9H2,(H,15,16). The molecule has 7 nitrogen and oxygen atoms in total. The Kier molecular flexibility index (Phi) is 4.67. The molecule has 0 radical (unpaired) electrons. The van der Waals surface area contributed by atoms with E-state index >= 15 is 0 Å². The van der Waals surface area contributed by atoms with Crippen molar-refractivity contribution < 1.29 is 13.2 Å². The van der Waals surface area contributed by atoms with Crippen LogP contribution in [0.3, 0.4) is 0 Å². The molecule has 1 saturated heterocycles. The average Bonchev–Trinajstić information content (AvgIpc) is 2.95. The van der Waals surface area contributed by atoms with Gasteiger partial charge in [0, 0.05) is 37.4 Å². The van der Waals surface area contributed by atoms with Crippen molar-refractivity contribution in [3.63, 3.8) is 0 Å². The van der Waals surface area contributed by atoms with Gasteiger partial charge in [-0.2, -0.15) is 0 Å². The number of morpholine rings is 1. The second-order valence-electron chi connectivity index (χ2n) is 4.83. The summed E-state index contributed by atoms with van der Waals surface area (Å²) in [5.41, 5.74) is 0.857. The molecule has 2 aromatic heterocycles. The fourth-order valence-corrected chi connectivity index (χ4v) is 4.01. The summed E-state index contributed by atoms with van der Waals surface area (Å²) in [6.45, 7) is 3.90. The van der Waals surface area contributed by atoms with E-state index in [9.17, 15) is 8.42 Å². The molecule has 3 heterocycles. The highest BCUT2D eigenvalue weighted by molar-refractivity contribution is 7.93. The molecule has 1 fully saturated rings. The molecular formula is C13H16N4O3S2. The molecule has 1 aliphatic heterocycles. The van der Waals surface area contributed by atoms with E-state index in [1.807, 2.05) is 5.38 Å². The zero-order valence-electron chi connectivity index (χ0n) is 11.8. The first kappa shape index (κ1) is 15.3. The van der Waals surface area contributed by atoms with Crippen LogP contribution in [0.5, 0.6) is 0 Å². The lowest BCUT2D eigenvalue weighted by Gasteiger charge is -2.25. The van der Waals surface area contributed by atoms with Gasteiger partial charge in [-0.1, -0.05) is 0 Å². The number of hydrogen-bond acceptors (Lipinski definition) is 7. The Labute approximate surface area is 133 Å². The topological polar surface area (TPSA) is 84.4 Å². The maximum atomic E-state index is 12.2. The van der Waals surface area contributed by atoms with Gasteiger partial charge in [-0.05, 0) is 12.1 Å². The van der Waals surface area contributed by atoms with Crippen LogP contribution in [-0.4, -0.2) is 49.6 Å². The van der Waals surface area contributed by atoms with Crippen molar-refractivity contribution in [2.45, 2.75) is 11.4 Å². The normalized spacial score (nSPS) is 16.5. The Balaban J connectivity index is 1.66. The number of thiazole rings is 1. The highest BCUT2D eigenvalue weighted by Crippen LogP contribution is 2.20. The van der Waals surface area contributed by atoms with E-state index in [1.165, 1.54) is 29.8 Å². The summed E-state index contributed by atoms with van der Waals surface area (Å²) in [4.78, 5) is 10.5. The minimum Gasteiger partial charge on any atom is -0.379 e. The molecule has 1 N–H and O–H groups in total. The van der Waals surface area contributed by atoms with Crippen molar-refractivity contribution >= 4 is 26.5 Å². The highest BCUT2D eigenvalue weighted by Gasteiger charge is 2.17. The summed E-state index contributed by atoms with van der Waals surface area (Å²) in [6, 6.07) is 3.08. The summed E-state index contributed by atoms with van der Waals surface area (Å²) in [6.07, 6.45) is 2.84. The van der Waals surface area contributed by atoms with Crippen LogP contribution >= 0.6 is 11.3 Å². The second-order valence-corrected chi connectivity index (χ2v) is 7.37. The molecule has 22 heavy (non-hydrogen) atoms. The molecule has 0 saturated carbocycles. The molecule has 2 aromatic rings. The maximum Gasteiger partial charge on any atom is 0.265 e. The van der Waals surface area contributed by atoms with Gasteiger partial charge >= 0.3 is 0 Å². The lowest BCUT2D eigenvalue weighted by atomic mass is 10.4. The van der Waals surface area contributed by atoms with Crippen LogP contribution < -0.4 is 4.72 Å². The molecule has 0 atom stereocenters. The minimum absolute atomic E-state index is 0.125. The molecule has 0 spiro atoms. The number of pyridine rings is 1. The van der Waals surface area contributed by atoms with Crippen LogP contribution in [0.25, 0.3) is 0 Å². The summed E-state index contributed by atoms with van der Waals surface area (Å²) in [7, 11) is -3.63. The summed E-state index contributed by atoms with van der Waals surface area (Å²) < 4.78 is 32.2. The van der Waals surface area contributed by atoms with Crippen molar-refractivity contribution in [3.05, 3.63) is 35.6 Å². The fraction of sp³-hybridized carbons (Fsp3) is 0.385. The van der Waals surface area contributed by atoms with Crippen LogP contribution in [0, 0.1) is 0 Å². The Morgan fingerprint density at radius 3 is 2.91 bits per heavy atom. The smallest absolute Gasteiger partial charge is 0.265 e. The van der Waals surface area contributed by atoms with Crippen LogP contribution in [0.4, 0.5) is 5.13 Å². The molecule has 1 aliphatic rings. The number of rotatable bonds is 5. The molecule has 118 valence electrons. The molecular weight excluding hydrogens is 324 g/mol. The van der Waals surface area contributed by atoms with Crippen LogP contribution in [0.15, 0.2) is 34.8 Å². The van der Waals surface area contributed by atoms with E-state index in [4.69, 9.17) is 4.74 Å². The molecule has 0 aliphatic carbocycles. The summed E-state index contributed by atoms with van der Waals surface area (Å²) in [5.74, 6) is 0. The molecule has 0 bridgehead atoms. The first-order chi connectivity index (χ1) is 10.6. The van der Waals surface area contributed by atoms with Gasteiger partial charge in [0.2, 0.25) is 0 Å². The van der Waals surface area contributed by atoms with Crippen LogP contribution in [0.2, 0.25) is 0 Å². The number of anilines is 1. The van der Waals surface area contributed by atoms with E-state index in [2.05, 4.69) is 19.6 Å². The van der Waals surface area contributed by atoms with E-state index in [1.54, 1.807) is 6.07 Å². The van der Waals surface area contributed by atoms with Crippen molar-refractivity contribution in [1.29, 1.82) is 0 Å². The van der Waals surface area contributed by atoms with E-state index in [0.29, 0.717) is 11.7 Å². The van der Waals surface area contributed by atoms with Crippen molar-refractivity contribution in [2.75, 3.05) is 31.0 Å². The average molecular weight is 340 g/mol. The van der Waals surface area contributed by atoms with Gasteiger partial charge < -0.3 is 4.74 Å². The van der Waals surface area contributed by atoms with Gasteiger partial charge in [0.15, 0.2) is 5.13 Å². The lowest BCUT2D eigenvalue weighted by Crippen LogP contribution is -2.35. The molecule has 3 rings (SSSR count). The molecule has 0 amide bonds. The molecule has 0 unspecified atom stereocenters. The van der Waals surface area contributed by atoms with Gasteiger partial charge in [-0.15, -0.1) is 11.3 Å². The monoisotopic (exact) mass is 340 g/mol. The SMILES string of the molecule is O=S(=O)(Nc1nc(CN2CCOCC2)cs1)c1cccnc1. The quantitative estimate of drug-likeness (QED) is 0.879. The fourth-order valence-electron chi connectivity index (χ4n) is 2.09. The third kappa shape index (κ3) is 3.80. The Bertz CT molecular complexity index is 712. The number of ether oxygens (including phenoxy) is 1. The highest BCUT2D eigenvalue weighted by atomic mass is 32.2. The number of hydrogen-bond donors (Lipinski definition) is 1. The Morgan fingerprint density at radius 1 is 1.36 bits per heavy atom. The van der Waals surface area contributed by atoms with Crippen LogP contribution in [0.1, 0.15) is 5.69 Å². The van der Waals surface area contributed by atoms with E-state index in [-0.39, 0.29) is 4.90 Å². The van der Waals surface area contributed by atoms with Gasteiger partial charge in [-0.3, -0.25) is 14.6 Å². The van der Waals surface area contributed by atoms with Crippen LogP contribution in [-0.2, 0) is 21.3 Å². The zero-order chi connectivity index (χ0) is 15.4. The maximum absolute atomic E-state index is 12.2. The first-order valence-corrected chi connectivity index (χ1v) is 9.17. The number of aromatic nitrogens is 2. The Hall–Kier alpha value is -1.55. The number of nitrogens with one attached hydrogen (secondary N) is 1. The third-order valence-corrected chi connectivity index (χ3v) is 5.47. The number of sulfonamides is 1. The largest absolute Gasteiger partial charge is 0.379 e. The summed E-state index contributed by atoms with van der Waals surface area (Å²) >= 11 is 1.28. The molecule has 0 aromatic carbocycles. The van der Waals surface area contributed by atoms with E-state index in [0.717, 1.165) is 32.0 Å². The predicted octanol–water partition coefficient (Wildman–Crippen LogP) is 1.17. The van der Waals surface area contributed by atoms with Gasteiger partial charge in [0.1, 0.15) is 4.90 Å². The van der Waals surface area contributed by atoms with Gasteiger partial charge in [0.25, 0.3) is 10.0 Å². The molecule has 9 heteroatoms. The van der Waals surface area contributed by atoms with Crippen molar-refractivity contribution in [2.24, 2.45) is 0 Å². The first-order valence-electron chi connectivity index (χ1n) is 6.81. The third-order valence-electron chi connectivity index (χ3n) is 3.21. The van der Waals surface area contributed by atoms with E-state index < -0.39 is 10.0 Å².